The Hall–Kier alpha value is -0.820. The molecule has 1 N–H and O–H groups in total. The summed E-state index contributed by atoms with van der Waals surface area (Å²) in [6.45, 7) is 9.87. The molecule has 0 aromatic rings. The van der Waals surface area contributed by atoms with Crippen molar-refractivity contribution in [3.05, 3.63) is 36.5 Å². The molecule has 0 amide bonds. The van der Waals surface area contributed by atoms with Gasteiger partial charge in [0.25, 0.3) is 0 Å². The molecule has 0 bridgehead atoms. The largest absolute Gasteiger partial charge is 0.313 e. The Kier molecular flexibility index (Phi) is 7.71. The lowest BCUT2D eigenvalue weighted by molar-refractivity contribution is 0.719. The number of hydrogen-bond acceptors (Lipinski definition) is 1. The van der Waals surface area contributed by atoms with Gasteiger partial charge < -0.3 is 5.32 Å². The zero-order valence-corrected chi connectivity index (χ0v) is 8.14. The standard InChI is InChI=1S/C11H19N/c1-4-7-11(8-5-2)10-12-9-6-3/h4-5,7-8,12H,1,6,9-10H2,2-3H3/b8-5-,11-7+. The molecule has 1 nitrogen and oxygen atoms in total. The van der Waals surface area contributed by atoms with E-state index in [0.29, 0.717) is 0 Å². The van der Waals surface area contributed by atoms with Crippen LogP contribution in [0.15, 0.2) is 36.5 Å². The van der Waals surface area contributed by atoms with Crippen LogP contribution in [0.4, 0.5) is 0 Å². The summed E-state index contributed by atoms with van der Waals surface area (Å²) in [7, 11) is 0. The zero-order valence-electron chi connectivity index (χ0n) is 8.14. The molecule has 0 fully saturated rings. The smallest absolute Gasteiger partial charge is 0.0205 e. The van der Waals surface area contributed by atoms with Gasteiger partial charge in [0.2, 0.25) is 0 Å². The van der Waals surface area contributed by atoms with Crippen molar-refractivity contribution in [1.82, 2.24) is 5.32 Å². The van der Waals surface area contributed by atoms with Gasteiger partial charge in [0.15, 0.2) is 0 Å². The van der Waals surface area contributed by atoms with Crippen LogP contribution in [0.5, 0.6) is 0 Å². The van der Waals surface area contributed by atoms with Gasteiger partial charge in [0.05, 0.1) is 0 Å². The van der Waals surface area contributed by atoms with Crippen LogP contribution < -0.4 is 5.32 Å². The van der Waals surface area contributed by atoms with Crippen LogP contribution >= 0.6 is 0 Å². The molecule has 0 rings (SSSR count). The van der Waals surface area contributed by atoms with Crippen molar-refractivity contribution in [3.63, 3.8) is 0 Å². The van der Waals surface area contributed by atoms with E-state index in [1.807, 2.05) is 25.2 Å². The highest BCUT2D eigenvalue weighted by Crippen LogP contribution is 1.95. The van der Waals surface area contributed by atoms with E-state index in [1.54, 1.807) is 0 Å². The third-order valence-corrected chi connectivity index (χ3v) is 1.47. The number of allylic oxidation sites excluding steroid dienone is 3. The van der Waals surface area contributed by atoms with Crippen molar-refractivity contribution < 1.29 is 0 Å². The molecule has 0 aliphatic rings. The van der Waals surface area contributed by atoms with Crippen molar-refractivity contribution in [2.75, 3.05) is 13.1 Å². The van der Waals surface area contributed by atoms with E-state index in [9.17, 15) is 0 Å². The second-order valence-electron chi connectivity index (χ2n) is 2.65. The van der Waals surface area contributed by atoms with Crippen LogP contribution in [0.25, 0.3) is 0 Å². The van der Waals surface area contributed by atoms with Crippen molar-refractivity contribution in [2.45, 2.75) is 20.3 Å². The van der Waals surface area contributed by atoms with Crippen LogP contribution in [0, 0.1) is 0 Å². The Morgan fingerprint density at radius 1 is 1.50 bits per heavy atom. The van der Waals surface area contributed by atoms with Gasteiger partial charge in [0, 0.05) is 6.54 Å². The lowest BCUT2D eigenvalue weighted by Gasteiger charge is -2.02. The molecule has 0 radical (unpaired) electrons. The summed E-state index contributed by atoms with van der Waals surface area (Å²) in [5.74, 6) is 0. The summed E-state index contributed by atoms with van der Waals surface area (Å²) in [5, 5.41) is 3.34. The predicted molar refractivity (Wildman–Crippen MR) is 56.3 cm³/mol. The monoisotopic (exact) mass is 165 g/mol. The van der Waals surface area contributed by atoms with Crippen LogP contribution in [0.3, 0.4) is 0 Å². The lowest BCUT2D eigenvalue weighted by atomic mass is 10.2. The first-order valence-corrected chi connectivity index (χ1v) is 4.50. The molecule has 0 unspecified atom stereocenters. The van der Waals surface area contributed by atoms with Gasteiger partial charge in [-0.05, 0) is 25.5 Å². The molecule has 0 aromatic heterocycles. The fraction of sp³-hybridized carbons (Fsp3) is 0.455. The molecule has 0 heterocycles. The molecule has 0 saturated carbocycles. The topological polar surface area (TPSA) is 12.0 Å². The molecule has 12 heavy (non-hydrogen) atoms. The molecular weight excluding hydrogens is 146 g/mol. The normalized spacial score (nSPS) is 12.3. The van der Waals surface area contributed by atoms with Crippen molar-refractivity contribution >= 4 is 0 Å². The Bertz CT molecular complexity index is 166. The summed E-state index contributed by atoms with van der Waals surface area (Å²) in [6.07, 6.45) is 9.18. The SMILES string of the molecule is C=C/C=C(\C=C/C)CNCCC. The van der Waals surface area contributed by atoms with E-state index in [0.717, 1.165) is 13.1 Å². The predicted octanol–water partition coefficient (Wildman–Crippen LogP) is 2.67. The number of rotatable bonds is 6. The minimum absolute atomic E-state index is 0.935. The number of nitrogens with one attached hydrogen (secondary N) is 1. The molecule has 1 heteroatoms. The Morgan fingerprint density at radius 2 is 2.25 bits per heavy atom. The first-order chi connectivity index (χ1) is 5.85. The molecule has 0 atom stereocenters. The maximum atomic E-state index is 3.67. The van der Waals surface area contributed by atoms with E-state index < -0.39 is 0 Å². The maximum absolute atomic E-state index is 3.67. The highest BCUT2D eigenvalue weighted by Gasteiger charge is 1.88. The lowest BCUT2D eigenvalue weighted by Crippen LogP contribution is -2.16. The molecular formula is C11H19N. The van der Waals surface area contributed by atoms with Crippen molar-refractivity contribution in [3.8, 4) is 0 Å². The van der Waals surface area contributed by atoms with E-state index in [2.05, 4.69) is 24.9 Å². The summed E-state index contributed by atoms with van der Waals surface area (Å²) in [4.78, 5) is 0. The van der Waals surface area contributed by atoms with Gasteiger partial charge in [0.1, 0.15) is 0 Å². The van der Waals surface area contributed by atoms with E-state index >= 15 is 0 Å². The van der Waals surface area contributed by atoms with Gasteiger partial charge in [-0.2, -0.15) is 0 Å². The summed E-state index contributed by atoms with van der Waals surface area (Å²) < 4.78 is 0. The fourth-order valence-corrected chi connectivity index (χ4v) is 0.948. The van der Waals surface area contributed by atoms with Gasteiger partial charge in [-0.25, -0.2) is 0 Å². The third-order valence-electron chi connectivity index (χ3n) is 1.47. The van der Waals surface area contributed by atoms with E-state index in [-0.39, 0.29) is 0 Å². The van der Waals surface area contributed by atoms with Crippen molar-refractivity contribution in [2.24, 2.45) is 0 Å². The minimum atomic E-state index is 0.935. The van der Waals surface area contributed by atoms with E-state index in [4.69, 9.17) is 0 Å². The van der Waals surface area contributed by atoms with Gasteiger partial charge in [-0.3, -0.25) is 0 Å². The zero-order chi connectivity index (χ0) is 9.23. The molecule has 0 aliphatic heterocycles. The Labute approximate surface area is 75.9 Å². The Balaban J connectivity index is 3.79. The summed E-state index contributed by atoms with van der Waals surface area (Å²) >= 11 is 0. The van der Waals surface area contributed by atoms with Gasteiger partial charge in [-0.15, -0.1) is 0 Å². The molecule has 0 spiro atoms. The highest BCUT2D eigenvalue weighted by molar-refractivity contribution is 5.23. The quantitative estimate of drug-likeness (QED) is 0.471. The molecule has 0 saturated heterocycles. The molecule has 0 aliphatic carbocycles. The molecule has 0 aromatic carbocycles. The van der Waals surface area contributed by atoms with E-state index in [1.165, 1.54) is 12.0 Å². The average molecular weight is 165 g/mol. The minimum Gasteiger partial charge on any atom is -0.313 e. The van der Waals surface area contributed by atoms with Crippen LogP contribution in [0.1, 0.15) is 20.3 Å². The second kappa shape index (κ2) is 8.28. The van der Waals surface area contributed by atoms with Crippen LogP contribution in [0.2, 0.25) is 0 Å². The fourth-order valence-electron chi connectivity index (χ4n) is 0.948. The Morgan fingerprint density at radius 3 is 2.75 bits per heavy atom. The second-order valence-corrected chi connectivity index (χ2v) is 2.65. The maximum Gasteiger partial charge on any atom is 0.0205 e. The third kappa shape index (κ3) is 5.93. The van der Waals surface area contributed by atoms with Gasteiger partial charge in [-0.1, -0.05) is 37.8 Å². The highest BCUT2D eigenvalue weighted by atomic mass is 14.8. The van der Waals surface area contributed by atoms with Crippen LogP contribution in [-0.4, -0.2) is 13.1 Å². The molecule has 68 valence electrons. The first kappa shape index (κ1) is 11.2. The van der Waals surface area contributed by atoms with Crippen LogP contribution in [-0.2, 0) is 0 Å². The van der Waals surface area contributed by atoms with Gasteiger partial charge >= 0.3 is 0 Å². The summed E-state index contributed by atoms with van der Waals surface area (Å²) in [6, 6.07) is 0. The average Bonchev–Trinajstić information content (AvgIpc) is 2.06. The first-order valence-electron chi connectivity index (χ1n) is 4.50. The number of hydrogen-bond donors (Lipinski definition) is 1. The van der Waals surface area contributed by atoms with Crippen molar-refractivity contribution in [1.29, 1.82) is 0 Å². The summed E-state index contributed by atoms with van der Waals surface area (Å²) in [5.41, 5.74) is 1.28.